The molecule has 0 saturated heterocycles. The van der Waals surface area contributed by atoms with Crippen LogP contribution in [0, 0.1) is 5.92 Å². The van der Waals surface area contributed by atoms with E-state index in [1.165, 1.54) is 0 Å². The third kappa shape index (κ3) is 2.30. The Morgan fingerprint density at radius 1 is 1.29 bits per heavy atom. The predicted molar refractivity (Wildman–Crippen MR) is 64.0 cm³/mol. The summed E-state index contributed by atoms with van der Waals surface area (Å²) in [4.78, 5) is 11.0. The van der Waals surface area contributed by atoms with E-state index in [-0.39, 0.29) is 0 Å². The van der Waals surface area contributed by atoms with E-state index in [0.29, 0.717) is 10.6 Å². The van der Waals surface area contributed by atoms with Gasteiger partial charge in [-0.15, -0.1) is 0 Å². The third-order valence-electron chi connectivity index (χ3n) is 2.99. The minimum Gasteiger partial charge on any atom is -0.481 e. The molecule has 6 heteroatoms. The van der Waals surface area contributed by atoms with Gasteiger partial charge in [-0.1, -0.05) is 23.7 Å². The van der Waals surface area contributed by atoms with Crippen molar-refractivity contribution in [3.05, 3.63) is 34.9 Å². The van der Waals surface area contributed by atoms with Gasteiger partial charge in [-0.3, -0.25) is 4.79 Å². The van der Waals surface area contributed by atoms with Gasteiger partial charge in [0.15, 0.2) is 9.84 Å². The summed E-state index contributed by atoms with van der Waals surface area (Å²) in [5.74, 6) is -2.37. The lowest BCUT2D eigenvalue weighted by Crippen LogP contribution is -2.10. The average Bonchev–Trinajstić information content (AvgIpc) is 2.93. The van der Waals surface area contributed by atoms with Gasteiger partial charge >= 0.3 is 5.97 Å². The van der Waals surface area contributed by atoms with E-state index >= 15 is 0 Å². The molecular weight excluding hydrogens is 264 g/mol. The molecule has 17 heavy (non-hydrogen) atoms. The van der Waals surface area contributed by atoms with Crippen LogP contribution in [-0.2, 0) is 14.6 Å². The molecule has 0 aromatic heterocycles. The second kappa shape index (κ2) is 3.99. The largest absolute Gasteiger partial charge is 0.481 e. The molecule has 4 nitrogen and oxygen atoms in total. The number of rotatable bonds is 3. The molecule has 0 unspecified atom stereocenters. The van der Waals surface area contributed by atoms with Crippen LogP contribution >= 0.6 is 11.6 Å². The molecule has 1 saturated carbocycles. The lowest BCUT2D eigenvalue weighted by atomic mass is 10.1. The number of carboxylic acid groups (broad SMARTS) is 1. The van der Waals surface area contributed by atoms with Gasteiger partial charge in [-0.05, 0) is 17.7 Å². The van der Waals surface area contributed by atoms with E-state index in [1.807, 2.05) is 0 Å². The Hall–Kier alpha value is -1.07. The van der Waals surface area contributed by atoms with Crippen LogP contribution < -0.4 is 0 Å². The van der Waals surface area contributed by atoms with Crippen LogP contribution in [0.2, 0.25) is 5.02 Å². The molecule has 0 amide bonds. The fourth-order valence-corrected chi connectivity index (χ4v) is 3.90. The average molecular weight is 275 g/mol. The van der Waals surface area contributed by atoms with E-state index < -0.39 is 32.9 Å². The van der Waals surface area contributed by atoms with Gasteiger partial charge in [0.1, 0.15) is 0 Å². The van der Waals surface area contributed by atoms with E-state index in [9.17, 15) is 13.2 Å². The summed E-state index contributed by atoms with van der Waals surface area (Å²) in [6.45, 7) is 0. The van der Waals surface area contributed by atoms with Crippen molar-refractivity contribution in [3.8, 4) is 0 Å². The maximum atomic E-state index is 11.5. The van der Waals surface area contributed by atoms with Crippen molar-refractivity contribution >= 4 is 27.4 Å². The summed E-state index contributed by atoms with van der Waals surface area (Å²) in [6, 6.07) is 6.61. The van der Waals surface area contributed by atoms with Gasteiger partial charge in [0.25, 0.3) is 0 Å². The maximum Gasteiger partial charge on any atom is 0.308 e. The minimum absolute atomic E-state index is 0.459. The number of hydrogen-bond donors (Lipinski definition) is 1. The number of carboxylic acids is 1. The lowest BCUT2D eigenvalue weighted by molar-refractivity contribution is -0.138. The zero-order valence-corrected chi connectivity index (χ0v) is 10.6. The number of sulfone groups is 1. The summed E-state index contributed by atoms with van der Waals surface area (Å²) in [5, 5.41) is 8.70. The fourth-order valence-electron chi connectivity index (χ4n) is 2.19. The first-order valence-electron chi connectivity index (χ1n) is 4.99. The summed E-state index contributed by atoms with van der Waals surface area (Å²) >= 11 is 5.73. The molecule has 1 aromatic carbocycles. The number of halogens is 1. The summed E-state index contributed by atoms with van der Waals surface area (Å²) in [5.41, 5.74) is 0.706. The van der Waals surface area contributed by atoms with Crippen LogP contribution in [0.1, 0.15) is 11.5 Å². The Labute approximate surface area is 104 Å². The molecule has 1 aliphatic rings. The van der Waals surface area contributed by atoms with Gasteiger partial charge in [-0.2, -0.15) is 0 Å². The molecule has 1 aliphatic carbocycles. The minimum atomic E-state index is -3.35. The first-order chi connectivity index (χ1) is 7.82. The Kier molecular flexibility index (Phi) is 2.91. The Morgan fingerprint density at radius 3 is 2.18 bits per heavy atom. The van der Waals surface area contributed by atoms with Crippen LogP contribution in [0.5, 0.6) is 0 Å². The van der Waals surface area contributed by atoms with Crippen molar-refractivity contribution in [2.24, 2.45) is 5.92 Å². The number of aliphatic carboxylic acids is 1. The first-order valence-corrected chi connectivity index (χ1v) is 7.33. The SMILES string of the molecule is CS(=O)(=O)[C@@H]1[C@@H](C(=O)O)[C@H]1c1ccc(Cl)cc1. The summed E-state index contributed by atoms with van der Waals surface area (Å²) < 4.78 is 22.9. The summed E-state index contributed by atoms with van der Waals surface area (Å²) in [7, 11) is -3.35. The maximum absolute atomic E-state index is 11.5. The van der Waals surface area contributed by atoms with E-state index in [4.69, 9.17) is 16.7 Å². The highest BCUT2D eigenvalue weighted by atomic mass is 35.5. The van der Waals surface area contributed by atoms with E-state index in [2.05, 4.69) is 0 Å². The number of benzene rings is 1. The van der Waals surface area contributed by atoms with Crippen LogP contribution in [-0.4, -0.2) is 31.0 Å². The Morgan fingerprint density at radius 2 is 1.82 bits per heavy atom. The zero-order valence-electron chi connectivity index (χ0n) is 9.00. The van der Waals surface area contributed by atoms with Crippen molar-refractivity contribution in [1.29, 1.82) is 0 Å². The quantitative estimate of drug-likeness (QED) is 0.908. The van der Waals surface area contributed by atoms with Gasteiger partial charge < -0.3 is 5.11 Å². The molecule has 92 valence electrons. The monoisotopic (exact) mass is 274 g/mol. The predicted octanol–water partition coefficient (Wildman–Crippen LogP) is 1.55. The number of hydrogen-bond acceptors (Lipinski definition) is 3. The van der Waals surface area contributed by atoms with Crippen LogP contribution in [0.4, 0.5) is 0 Å². The van der Waals surface area contributed by atoms with Crippen LogP contribution in [0.3, 0.4) is 0 Å². The Balaban J connectivity index is 2.34. The third-order valence-corrected chi connectivity index (χ3v) is 4.82. The zero-order chi connectivity index (χ0) is 12.8. The van der Waals surface area contributed by atoms with Crippen molar-refractivity contribution in [2.45, 2.75) is 11.2 Å². The molecule has 2 rings (SSSR count). The Bertz CT molecular complexity index is 549. The highest BCUT2D eigenvalue weighted by Crippen LogP contribution is 2.52. The van der Waals surface area contributed by atoms with Gasteiger partial charge in [0.05, 0.1) is 11.2 Å². The van der Waals surface area contributed by atoms with Crippen molar-refractivity contribution in [2.75, 3.05) is 6.26 Å². The molecule has 0 heterocycles. The fraction of sp³-hybridized carbons (Fsp3) is 0.364. The molecule has 0 radical (unpaired) electrons. The standard InChI is InChI=1S/C11H11ClO4S/c1-17(15,16)10-8(9(10)11(13)14)6-2-4-7(12)5-3-6/h2-5,8-10H,1H3,(H,13,14)/t8-,9+,10+/m1/s1. The molecule has 0 aliphatic heterocycles. The smallest absolute Gasteiger partial charge is 0.308 e. The van der Waals surface area contributed by atoms with Gasteiger partial charge in [0, 0.05) is 17.2 Å². The van der Waals surface area contributed by atoms with Crippen molar-refractivity contribution in [1.82, 2.24) is 0 Å². The lowest BCUT2D eigenvalue weighted by Gasteiger charge is -1.99. The van der Waals surface area contributed by atoms with E-state index in [0.717, 1.165) is 6.26 Å². The number of carbonyl (C=O) groups is 1. The normalized spacial score (nSPS) is 27.8. The van der Waals surface area contributed by atoms with Crippen LogP contribution in [0.25, 0.3) is 0 Å². The molecule has 0 spiro atoms. The second-order valence-corrected chi connectivity index (χ2v) is 6.88. The van der Waals surface area contributed by atoms with Crippen molar-refractivity contribution < 1.29 is 18.3 Å². The molecule has 3 atom stereocenters. The van der Waals surface area contributed by atoms with Gasteiger partial charge in [-0.25, -0.2) is 8.42 Å². The van der Waals surface area contributed by atoms with Crippen molar-refractivity contribution in [3.63, 3.8) is 0 Å². The molecular formula is C11H11ClO4S. The highest BCUT2D eigenvalue weighted by molar-refractivity contribution is 7.91. The molecule has 1 aromatic rings. The topological polar surface area (TPSA) is 71.4 Å². The summed E-state index contributed by atoms with van der Waals surface area (Å²) in [6.07, 6.45) is 1.07. The van der Waals surface area contributed by atoms with E-state index in [1.54, 1.807) is 24.3 Å². The molecule has 1 fully saturated rings. The highest BCUT2D eigenvalue weighted by Gasteiger charge is 2.61. The van der Waals surface area contributed by atoms with Crippen LogP contribution in [0.15, 0.2) is 24.3 Å². The molecule has 1 N–H and O–H groups in total. The van der Waals surface area contributed by atoms with Gasteiger partial charge in [0.2, 0.25) is 0 Å². The second-order valence-electron chi connectivity index (χ2n) is 4.24. The first kappa shape index (κ1) is 12.4. The molecule has 0 bridgehead atoms.